The van der Waals surface area contributed by atoms with Crippen LogP contribution in [-0.4, -0.2) is 126 Å². The van der Waals surface area contributed by atoms with Crippen LogP contribution in [0.2, 0.25) is 0 Å². The number of carbonyl (C=O) groups is 4. The maximum Gasteiger partial charge on any atom is 0.405 e. The minimum Gasteiger partial charge on any atom is -0.477 e. The molecule has 4 aromatic rings. The normalized spacial score (nSPS) is 24.2. The Morgan fingerprint density at radius 1 is 0.611 bits per heavy atom. The fourth-order valence-corrected chi connectivity index (χ4v) is 14.2. The van der Waals surface area contributed by atoms with Gasteiger partial charge in [-0.3, -0.25) is 9.59 Å². The van der Waals surface area contributed by atoms with E-state index in [2.05, 4.69) is 52.4 Å². The van der Waals surface area contributed by atoms with Crippen molar-refractivity contribution < 1.29 is 69.6 Å². The number of hydrogen-bond donors (Lipinski definition) is 2. The third kappa shape index (κ3) is 18.1. The highest BCUT2D eigenvalue weighted by molar-refractivity contribution is 7.15. The number of aromatic carboxylic acids is 1. The topological polar surface area (TPSA) is 166 Å². The van der Waals surface area contributed by atoms with Crippen LogP contribution in [0.5, 0.6) is 5.88 Å². The number of carboxylic acid groups (broad SMARTS) is 1. The first-order chi connectivity index (χ1) is 42.6. The second kappa shape index (κ2) is 30.1. The van der Waals surface area contributed by atoms with Crippen LogP contribution in [-0.2, 0) is 27.4 Å². The standard InChI is InChI=1S/C33H40F3N3O4S.C26H32F3NO4S.C8H11FN2/c1-21-4-6-23(7-5-21)30(40)39(24-8-10-25(11-9-24)43-28-18-22(13-17-37-28)20-38(2)3)27-19-26(44-29(27)31(41)42)12-14-32(15-16-32)33(34,35)36;1-16-3-5-17(6-4-16)23(32)30(18-7-9-19(31)10-8-18)21-15-20(35-22(21)24(33)34-2)11-12-25(13-14-25)26(27,28)29;1-11(2)6-7-3-4-10-8(9)5-7/h13,17-19,21,23-25H,4-11,15-16,20H2,1-3H3,(H,41,42);15-19,31H,3-10,13-14H2,1-2H3;3-5H,6H2,1-2H3. The number of pyridine rings is 2. The van der Waals surface area contributed by atoms with Crippen LogP contribution in [0.3, 0.4) is 0 Å². The van der Waals surface area contributed by atoms with Gasteiger partial charge in [0.1, 0.15) is 26.7 Å². The lowest BCUT2D eigenvalue weighted by atomic mass is 9.81. The number of ether oxygens (including phenoxy) is 2. The average molecular weight is 1300 g/mol. The van der Waals surface area contributed by atoms with Crippen LogP contribution >= 0.6 is 22.7 Å². The highest BCUT2D eigenvalue weighted by Crippen LogP contribution is 2.58. The van der Waals surface area contributed by atoms with E-state index >= 15 is 0 Å². The molecule has 6 saturated carbocycles. The molecule has 0 saturated heterocycles. The van der Waals surface area contributed by atoms with Crippen molar-refractivity contribution in [2.24, 2.45) is 34.5 Å². The van der Waals surface area contributed by atoms with Crippen molar-refractivity contribution in [3.63, 3.8) is 0 Å². The van der Waals surface area contributed by atoms with Crippen LogP contribution < -0.4 is 14.5 Å². The second-order valence-corrected chi connectivity index (χ2v) is 28.0. The molecule has 14 nitrogen and oxygen atoms in total. The molecule has 0 aromatic carbocycles. The summed E-state index contributed by atoms with van der Waals surface area (Å²) in [5, 5.41) is 20.1. The Morgan fingerprint density at radius 3 is 1.44 bits per heavy atom. The summed E-state index contributed by atoms with van der Waals surface area (Å²) in [6, 6.07) is 9.77. The number of aromatic nitrogens is 2. The summed E-state index contributed by atoms with van der Waals surface area (Å²) in [7, 11) is 9.12. The Bertz CT molecular complexity index is 3250. The van der Waals surface area contributed by atoms with E-state index in [1.54, 1.807) is 22.1 Å². The van der Waals surface area contributed by atoms with E-state index < -0.39 is 47.2 Å². The number of aliphatic hydroxyl groups is 1. The Labute approximate surface area is 531 Å². The first-order valence-electron chi connectivity index (χ1n) is 31.2. The summed E-state index contributed by atoms with van der Waals surface area (Å²) in [5.74, 6) is 8.87. The number of alkyl halides is 6. The van der Waals surface area contributed by atoms with Gasteiger partial charge in [0.15, 0.2) is 0 Å². The summed E-state index contributed by atoms with van der Waals surface area (Å²) >= 11 is 1.81. The molecule has 10 rings (SSSR count). The van der Waals surface area contributed by atoms with Gasteiger partial charge in [0.2, 0.25) is 23.6 Å². The number of aliphatic hydroxyl groups excluding tert-OH is 1. The molecule has 0 radical (unpaired) electrons. The Kier molecular flexibility index (Phi) is 23.3. The number of nitrogens with zero attached hydrogens (tertiary/aromatic N) is 6. The van der Waals surface area contributed by atoms with E-state index in [4.69, 9.17) is 9.47 Å². The van der Waals surface area contributed by atoms with Crippen molar-refractivity contribution in [2.45, 2.75) is 192 Å². The smallest absolute Gasteiger partial charge is 0.405 e. The van der Waals surface area contributed by atoms with Crippen LogP contribution in [0.15, 0.2) is 48.8 Å². The molecule has 2 amide bonds. The number of hydrogen-bond acceptors (Lipinski definition) is 13. The van der Waals surface area contributed by atoms with E-state index in [0.29, 0.717) is 79.6 Å². The molecule has 4 aromatic heterocycles. The van der Waals surface area contributed by atoms with Crippen LogP contribution in [0.25, 0.3) is 0 Å². The van der Waals surface area contributed by atoms with Gasteiger partial charge in [0.05, 0.1) is 34.3 Å². The lowest BCUT2D eigenvalue weighted by Gasteiger charge is -2.39. The molecule has 0 spiro atoms. The fourth-order valence-electron chi connectivity index (χ4n) is 12.4. The maximum atomic E-state index is 14.2. The third-order valence-electron chi connectivity index (χ3n) is 18.1. The molecule has 6 aliphatic rings. The van der Waals surface area contributed by atoms with Crippen molar-refractivity contribution in [2.75, 3.05) is 45.1 Å². The number of anilines is 2. The van der Waals surface area contributed by atoms with E-state index in [-0.39, 0.29) is 87.8 Å². The van der Waals surface area contributed by atoms with E-state index in [0.717, 1.165) is 98.3 Å². The molecule has 490 valence electrons. The lowest BCUT2D eigenvalue weighted by Crippen LogP contribution is -2.47. The quantitative estimate of drug-likeness (QED) is 0.0532. The molecule has 6 fully saturated rings. The molecular weight excluding hydrogens is 1210 g/mol. The molecule has 0 unspecified atom stereocenters. The highest BCUT2D eigenvalue weighted by atomic mass is 32.1. The minimum atomic E-state index is -4.43. The number of methoxy groups -OCH3 is 1. The van der Waals surface area contributed by atoms with E-state index in [1.165, 1.54) is 25.4 Å². The van der Waals surface area contributed by atoms with Gasteiger partial charge >= 0.3 is 24.3 Å². The number of halogens is 7. The summed E-state index contributed by atoms with van der Waals surface area (Å²) in [6.45, 7) is 5.86. The molecule has 2 N–H and O–H groups in total. The number of carbonyl (C=O) groups excluding carboxylic acids is 3. The minimum absolute atomic E-state index is 0.0271. The third-order valence-corrected chi connectivity index (χ3v) is 20.1. The molecule has 4 heterocycles. The second-order valence-electron chi connectivity index (χ2n) is 25.9. The van der Waals surface area contributed by atoms with Crippen molar-refractivity contribution in [1.29, 1.82) is 0 Å². The van der Waals surface area contributed by atoms with Gasteiger partial charge < -0.3 is 39.3 Å². The number of thiophene rings is 2. The van der Waals surface area contributed by atoms with Gasteiger partial charge in [-0.25, -0.2) is 19.6 Å². The largest absolute Gasteiger partial charge is 0.477 e. The molecular formula is C67H83F7N6O8S2. The zero-order chi connectivity index (χ0) is 65.3. The van der Waals surface area contributed by atoms with Gasteiger partial charge in [-0.05, 0) is 210 Å². The molecule has 6 aliphatic carbocycles. The van der Waals surface area contributed by atoms with Gasteiger partial charge in [0.25, 0.3) is 0 Å². The fraction of sp³-hybridized carbons (Fsp3) is 0.612. The van der Waals surface area contributed by atoms with Crippen molar-refractivity contribution >= 4 is 57.8 Å². The average Bonchev–Trinajstić information content (AvgIpc) is 1.62. The number of esters is 1. The molecule has 0 bridgehead atoms. The summed E-state index contributed by atoms with van der Waals surface area (Å²) in [6.07, 6.45) is 5.26. The first kappa shape index (κ1) is 69.8. The lowest BCUT2D eigenvalue weighted by molar-refractivity contribution is -0.169. The van der Waals surface area contributed by atoms with Gasteiger partial charge in [-0.1, -0.05) is 37.5 Å². The van der Waals surface area contributed by atoms with E-state index in [1.807, 2.05) is 51.3 Å². The van der Waals surface area contributed by atoms with Crippen LogP contribution in [0.1, 0.15) is 182 Å². The summed E-state index contributed by atoms with van der Waals surface area (Å²) in [4.78, 5) is 68.9. The number of rotatable bonds is 14. The Balaban J connectivity index is 0.000000202. The summed E-state index contributed by atoms with van der Waals surface area (Å²) in [5.41, 5.74) is -1.34. The Hall–Kier alpha value is -6.11. The summed E-state index contributed by atoms with van der Waals surface area (Å²) < 4.78 is 104. The predicted octanol–water partition coefficient (Wildman–Crippen LogP) is 14.1. The zero-order valence-corrected chi connectivity index (χ0v) is 53.9. The maximum absolute atomic E-state index is 14.2. The SMILES string of the molecule is CC1CCC(C(=O)N(c2cc(C#CC3(C(F)(F)F)CC3)sc2C(=O)O)C2CCC(Oc3cc(CN(C)C)ccn3)CC2)CC1.CN(C)Cc1ccnc(F)c1.COC(=O)c1sc(C#CC2(C(F)(F)F)CC2)cc1N(C(=O)C1CCC(C)CC1)C1CCC(O)CC1. The molecule has 0 atom stereocenters. The molecule has 23 heteroatoms. The Morgan fingerprint density at radius 2 is 1.03 bits per heavy atom. The van der Waals surface area contributed by atoms with Crippen molar-refractivity contribution in [3.8, 4) is 29.6 Å². The van der Waals surface area contributed by atoms with Gasteiger partial charge in [0, 0.05) is 55.5 Å². The van der Waals surface area contributed by atoms with Crippen molar-refractivity contribution in [1.82, 2.24) is 19.8 Å². The van der Waals surface area contributed by atoms with E-state index in [9.17, 15) is 60.1 Å². The predicted molar refractivity (Wildman–Crippen MR) is 332 cm³/mol. The van der Waals surface area contributed by atoms with Gasteiger partial charge in [-0.15, -0.1) is 22.7 Å². The van der Waals surface area contributed by atoms with Gasteiger partial charge in [-0.2, -0.15) is 30.7 Å². The number of amides is 2. The zero-order valence-electron chi connectivity index (χ0n) is 52.3. The molecule has 90 heavy (non-hydrogen) atoms. The van der Waals surface area contributed by atoms with Crippen LogP contribution in [0, 0.1) is 64.1 Å². The molecule has 0 aliphatic heterocycles. The first-order valence-corrected chi connectivity index (χ1v) is 32.9. The highest BCUT2D eigenvalue weighted by Gasteiger charge is 2.63. The van der Waals surface area contributed by atoms with Crippen LogP contribution in [0.4, 0.5) is 42.1 Å². The monoisotopic (exact) mass is 1300 g/mol. The number of carboxylic acids is 1. The van der Waals surface area contributed by atoms with Crippen molar-refractivity contribution in [3.05, 3.63) is 85.4 Å².